The molecule has 0 atom stereocenters. The maximum atomic E-state index is 12.3. The third kappa shape index (κ3) is 3.91. The largest absolute Gasteiger partial charge is 0.352 e. The predicted octanol–water partition coefficient (Wildman–Crippen LogP) is 3.02. The quantitative estimate of drug-likeness (QED) is 0.529. The van der Waals surface area contributed by atoms with Gasteiger partial charge in [0.2, 0.25) is 0 Å². The molecule has 4 aromatic rings. The van der Waals surface area contributed by atoms with Gasteiger partial charge in [0, 0.05) is 30.4 Å². The van der Waals surface area contributed by atoms with Crippen LogP contribution in [0.15, 0.2) is 66.2 Å². The first-order valence-corrected chi connectivity index (χ1v) is 9.60. The molecular weight excluding hydrogens is 374 g/mol. The van der Waals surface area contributed by atoms with Gasteiger partial charge in [-0.05, 0) is 47.8 Å². The number of rotatable bonds is 6. The van der Waals surface area contributed by atoms with E-state index in [9.17, 15) is 9.59 Å². The zero-order chi connectivity index (χ0) is 19.3. The Morgan fingerprint density at radius 2 is 1.82 bits per heavy atom. The Labute approximate surface area is 165 Å². The van der Waals surface area contributed by atoms with Crippen LogP contribution in [0.3, 0.4) is 0 Å². The van der Waals surface area contributed by atoms with Crippen molar-refractivity contribution in [1.29, 1.82) is 0 Å². The highest BCUT2D eigenvalue weighted by molar-refractivity contribution is 7.12. The van der Waals surface area contributed by atoms with E-state index in [4.69, 9.17) is 0 Å². The van der Waals surface area contributed by atoms with Gasteiger partial charge < -0.3 is 10.6 Å². The summed E-state index contributed by atoms with van der Waals surface area (Å²) < 4.78 is 1.90. The van der Waals surface area contributed by atoms with Gasteiger partial charge in [-0.2, -0.15) is 0 Å². The number of benzene rings is 1. The van der Waals surface area contributed by atoms with E-state index in [-0.39, 0.29) is 11.8 Å². The molecule has 0 saturated carbocycles. The zero-order valence-electron chi connectivity index (χ0n) is 14.8. The SMILES string of the molecule is O=C(NCCc1nnc2ccccn12)c1ccc(NC(=O)c2cccs2)cc1. The van der Waals surface area contributed by atoms with Crippen molar-refractivity contribution < 1.29 is 9.59 Å². The monoisotopic (exact) mass is 391 g/mol. The second-order valence-electron chi connectivity index (χ2n) is 6.06. The van der Waals surface area contributed by atoms with Crippen LogP contribution in [0, 0.1) is 0 Å². The third-order valence-electron chi connectivity index (χ3n) is 4.17. The van der Waals surface area contributed by atoms with Crippen molar-refractivity contribution in [2.24, 2.45) is 0 Å². The van der Waals surface area contributed by atoms with Gasteiger partial charge >= 0.3 is 0 Å². The first-order chi connectivity index (χ1) is 13.7. The number of anilines is 1. The topological polar surface area (TPSA) is 88.4 Å². The number of nitrogens with zero attached hydrogens (tertiary/aromatic N) is 3. The van der Waals surface area contributed by atoms with Gasteiger partial charge in [0.25, 0.3) is 11.8 Å². The Balaban J connectivity index is 1.31. The smallest absolute Gasteiger partial charge is 0.265 e. The minimum Gasteiger partial charge on any atom is -0.352 e. The number of thiophene rings is 1. The van der Waals surface area contributed by atoms with Gasteiger partial charge in [-0.15, -0.1) is 21.5 Å². The highest BCUT2D eigenvalue weighted by atomic mass is 32.1. The number of pyridine rings is 1. The molecule has 0 saturated heterocycles. The minimum absolute atomic E-state index is 0.160. The Bertz CT molecular complexity index is 1100. The molecule has 0 aliphatic carbocycles. The maximum absolute atomic E-state index is 12.3. The Kier molecular flexibility index (Phi) is 5.11. The van der Waals surface area contributed by atoms with E-state index in [0.717, 1.165) is 11.5 Å². The molecule has 0 fully saturated rings. The molecule has 0 radical (unpaired) electrons. The molecule has 8 heteroatoms. The van der Waals surface area contributed by atoms with Crippen LogP contribution in [-0.2, 0) is 6.42 Å². The summed E-state index contributed by atoms with van der Waals surface area (Å²) in [6.45, 7) is 0.450. The van der Waals surface area contributed by atoms with Crippen LogP contribution in [0.5, 0.6) is 0 Å². The van der Waals surface area contributed by atoms with Gasteiger partial charge in [0.05, 0.1) is 4.88 Å². The summed E-state index contributed by atoms with van der Waals surface area (Å²) in [6.07, 6.45) is 2.47. The highest BCUT2D eigenvalue weighted by Gasteiger charge is 2.10. The van der Waals surface area contributed by atoms with Gasteiger partial charge in [-0.1, -0.05) is 12.1 Å². The van der Waals surface area contributed by atoms with Gasteiger partial charge in [-0.3, -0.25) is 14.0 Å². The average Bonchev–Trinajstić information content (AvgIpc) is 3.39. The Morgan fingerprint density at radius 1 is 0.964 bits per heavy atom. The summed E-state index contributed by atoms with van der Waals surface area (Å²) >= 11 is 1.38. The average molecular weight is 391 g/mol. The summed E-state index contributed by atoms with van der Waals surface area (Å²) in [5.41, 5.74) is 1.95. The van der Waals surface area contributed by atoms with Crippen LogP contribution in [0.1, 0.15) is 25.9 Å². The maximum Gasteiger partial charge on any atom is 0.265 e. The second kappa shape index (κ2) is 8.01. The Morgan fingerprint density at radius 3 is 2.61 bits per heavy atom. The molecular formula is C20H17N5O2S. The lowest BCUT2D eigenvalue weighted by Gasteiger charge is -2.07. The van der Waals surface area contributed by atoms with Crippen molar-refractivity contribution >= 4 is 34.5 Å². The van der Waals surface area contributed by atoms with Crippen LogP contribution in [0.4, 0.5) is 5.69 Å². The van der Waals surface area contributed by atoms with E-state index < -0.39 is 0 Å². The van der Waals surface area contributed by atoms with Crippen molar-refractivity contribution in [3.05, 3.63) is 82.4 Å². The molecule has 0 unspecified atom stereocenters. The molecule has 140 valence electrons. The van der Waals surface area contributed by atoms with E-state index in [1.54, 1.807) is 30.3 Å². The predicted molar refractivity (Wildman–Crippen MR) is 108 cm³/mol. The van der Waals surface area contributed by atoms with E-state index in [0.29, 0.717) is 29.1 Å². The van der Waals surface area contributed by atoms with Crippen LogP contribution in [0.2, 0.25) is 0 Å². The third-order valence-corrected chi connectivity index (χ3v) is 5.04. The lowest BCUT2D eigenvalue weighted by molar-refractivity contribution is 0.0953. The number of aromatic nitrogens is 3. The van der Waals surface area contributed by atoms with E-state index in [1.165, 1.54) is 11.3 Å². The number of carbonyl (C=O) groups excluding carboxylic acids is 2. The standard InChI is InChI=1S/C20H17N5O2S/c26-19(21-11-10-18-24-23-17-5-1-2-12-25(17)18)14-6-8-15(9-7-14)22-20(27)16-4-3-13-28-16/h1-9,12-13H,10-11H2,(H,21,26)(H,22,27). The molecule has 0 spiro atoms. The van der Waals surface area contributed by atoms with Crippen molar-refractivity contribution in [1.82, 2.24) is 19.9 Å². The first kappa shape index (κ1) is 17.9. The van der Waals surface area contributed by atoms with Crippen molar-refractivity contribution in [3.63, 3.8) is 0 Å². The lowest BCUT2D eigenvalue weighted by Crippen LogP contribution is -2.26. The van der Waals surface area contributed by atoms with Gasteiger partial charge in [0.1, 0.15) is 5.82 Å². The molecule has 1 aromatic carbocycles. The van der Waals surface area contributed by atoms with Crippen molar-refractivity contribution in [2.75, 3.05) is 11.9 Å². The first-order valence-electron chi connectivity index (χ1n) is 8.72. The molecule has 0 aliphatic rings. The molecule has 2 N–H and O–H groups in total. The number of fused-ring (bicyclic) bond motifs is 1. The van der Waals surface area contributed by atoms with Gasteiger partial charge in [0.15, 0.2) is 5.65 Å². The zero-order valence-corrected chi connectivity index (χ0v) is 15.6. The van der Waals surface area contributed by atoms with Gasteiger partial charge in [-0.25, -0.2) is 0 Å². The molecule has 0 bridgehead atoms. The number of amides is 2. The summed E-state index contributed by atoms with van der Waals surface area (Å²) in [5.74, 6) is 0.459. The molecule has 7 nitrogen and oxygen atoms in total. The van der Waals surface area contributed by atoms with E-state index in [2.05, 4.69) is 20.8 Å². The number of carbonyl (C=O) groups is 2. The number of hydrogen-bond donors (Lipinski definition) is 2. The van der Waals surface area contributed by atoms with Crippen molar-refractivity contribution in [3.8, 4) is 0 Å². The fourth-order valence-electron chi connectivity index (χ4n) is 2.76. The van der Waals surface area contributed by atoms with Crippen LogP contribution < -0.4 is 10.6 Å². The van der Waals surface area contributed by atoms with Crippen molar-refractivity contribution in [2.45, 2.75) is 6.42 Å². The molecule has 3 aromatic heterocycles. The molecule has 28 heavy (non-hydrogen) atoms. The summed E-state index contributed by atoms with van der Waals surface area (Å²) in [4.78, 5) is 25.0. The molecule has 2 amide bonds. The van der Waals surface area contributed by atoms with E-state index >= 15 is 0 Å². The molecule has 0 aliphatic heterocycles. The fraction of sp³-hybridized carbons (Fsp3) is 0.100. The van der Waals surface area contributed by atoms with Crippen LogP contribution in [0.25, 0.3) is 5.65 Å². The normalized spacial score (nSPS) is 10.7. The van der Waals surface area contributed by atoms with Crippen LogP contribution in [-0.4, -0.2) is 33.0 Å². The summed E-state index contributed by atoms with van der Waals surface area (Å²) in [6, 6.07) is 16.1. The lowest BCUT2D eigenvalue weighted by atomic mass is 10.2. The van der Waals surface area contributed by atoms with Crippen LogP contribution >= 0.6 is 11.3 Å². The highest BCUT2D eigenvalue weighted by Crippen LogP contribution is 2.14. The Hall–Kier alpha value is -3.52. The molecule has 3 heterocycles. The minimum atomic E-state index is -0.176. The molecule has 4 rings (SSSR count). The summed E-state index contributed by atoms with van der Waals surface area (Å²) in [5, 5.41) is 15.8. The number of nitrogens with one attached hydrogen (secondary N) is 2. The number of hydrogen-bond acceptors (Lipinski definition) is 5. The second-order valence-corrected chi connectivity index (χ2v) is 7.01. The fourth-order valence-corrected chi connectivity index (χ4v) is 3.38. The van der Waals surface area contributed by atoms with E-state index in [1.807, 2.05) is 40.2 Å². The summed E-state index contributed by atoms with van der Waals surface area (Å²) in [7, 11) is 0.